The van der Waals surface area contributed by atoms with Crippen LogP contribution in [0.4, 0.5) is 5.69 Å². The maximum Gasteiger partial charge on any atom is 0.138 e. The minimum atomic E-state index is -0.705. The highest BCUT2D eigenvalue weighted by Gasteiger charge is 2.25. The van der Waals surface area contributed by atoms with Crippen LogP contribution in [0, 0.1) is 16.5 Å². The average Bonchev–Trinajstić information content (AvgIpc) is 3.32. The van der Waals surface area contributed by atoms with Gasteiger partial charge >= 0.3 is 0 Å². The molecule has 1 aliphatic rings. The summed E-state index contributed by atoms with van der Waals surface area (Å²) in [6, 6.07) is 19.2. The third-order valence-corrected chi connectivity index (χ3v) is 6.82. The van der Waals surface area contributed by atoms with Gasteiger partial charge in [0.2, 0.25) is 0 Å². The Kier molecular flexibility index (Phi) is 7.96. The van der Waals surface area contributed by atoms with Gasteiger partial charge in [0.05, 0.1) is 18.7 Å². The molecule has 0 aliphatic carbocycles. The number of anilines is 1. The van der Waals surface area contributed by atoms with Crippen LogP contribution >= 0.6 is 11.2 Å². The van der Waals surface area contributed by atoms with E-state index in [1.165, 1.54) is 11.2 Å². The van der Waals surface area contributed by atoms with E-state index in [1.54, 1.807) is 23.9 Å². The van der Waals surface area contributed by atoms with Gasteiger partial charge in [-0.05, 0) is 42.3 Å². The second kappa shape index (κ2) is 11.3. The van der Waals surface area contributed by atoms with Crippen LogP contribution in [-0.2, 0) is 0 Å². The van der Waals surface area contributed by atoms with Crippen molar-refractivity contribution in [3.05, 3.63) is 72.3 Å². The number of aliphatic hydroxyl groups is 2. The molecule has 3 aromatic rings. The van der Waals surface area contributed by atoms with Crippen LogP contribution < -0.4 is 5.32 Å². The Morgan fingerprint density at radius 3 is 2.44 bits per heavy atom. The zero-order valence-corrected chi connectivity index (χ0v) is 19.9. The van der Waals surface area contributed by atoms with Gasteiger partial charge in [0.25, 0.3) is 0 Å². The summed E-state index contributed by atoms with van der Waals surface area (Å²) >= 11 is 1.37. The van der Waals surface area contributed by atoms with Crippen LogP contribution in [0.25, 0.3) is 11.1 Å². The largest absolute Gasteiger partial charge is 0.393 e. The van der Waals surface area contributed by atoms with Gasteiger partial charge in [-0.2, -0.15) is 5.26 Å². The van der Waals surface area contributed by atoms with Crippen molar-refractivity contribution in [2.24, 2.45) is 0 Å². The monoisotopic (exact) mass is 475 g/mol. The lowest BCUT2D eigenvalue weighted by atomic mass is 10.0. The van der Waals surface area contributed by atoms with Crippen LogP contribution in [0.1, 0.15) is 36.2 Å². The quantitative estimate of drug-likeness (QED) is 0.458. The van der Waals surface area contributed by atoms with E-state index in [2.05, 4.69) is 62.9 Å². The first-order valence-corrected chi connectivity index (χ1v) is 12.2. The van der Waals surface area contributed by atoms with Gasteiger partial charge < -0.3 is 20.1 Å². The van der Waals surface area contributed by atoms with E-state index < -0.39 is 6.10 Å². The van der Waals surface area contributed by atoms with Gasteiger partial charge in [-0.25, -0.2) is 4.98 Å². The zero-order chi connectivity index (χ0) is 23.9. The van der Waals surface area contributed by atoms with E-state index in [0.717, 1.165) is 42.0 Å². The van der Waals surface area contributed by atoms with E-state index >= 15 is 0 Å². The molecule has 4 rings (SSSR count). The van der Waals surface area contributed by atoms with Crippen molar-refractivity contribution >= 4 is 16.9 Å². The van der Waals surface area contributed by atoms with Gasteiger partial charge in [-0.15, -0.1) is 11.2 Å². The maximum atomic E-state index is 9.87. The van der Waals surface area contributed by atoms with Crippen molar-refractivity contribution in [1.29, 1.82) is 5.26 Å². The molecule has 1 aromatic heterocycles. The highest BCUT2D eigenvalue weighted by molar-refractivity contribution is 7.88. The fraction of sp³-hybridized carbons (Fsp3) is 0.346. The number of nitrogens with zero attached hydrogens (tertiary/aromatic N) is 4. The Balaban J connectivity index is 1.36. The zero-order valence-electron chi connectivity index (χ0n) is 19.1. The summed E-state index contributed by atoms with van der Waals surface area (Å²) in [5, 5.41) is 34.9. The average molecular weight is 476 g/mol. The molecular weight excluding hydrogens is 446 g/mol. The highest BCUT2D eigenvalue weighted by Crippen LogP contribution is 2.24. The van der Waals surface area contributed by atoms with Gasteiger partial charge in [-0.1, -0.05) is 29.5 Å². The van der Waals surface area contributed by atoms with Crippen molar-refractivity contribution in [1.82, 2.24) is 14.5 Å². The standard InChI is InChI=1S/C26H29N5O2S/c1-19(33)26-28-12-14-31(26)25(17-32)34-18-20-3-5-21(6-4-20)22-7-9-23(10-8-22)29-24-15-30(16-24)13-2-11-27/h3-10,12,14,19,24-25,29,32-33H,2,13,15-17H2,1H3/t19-,25-/m0/s1. The molecule has 0 saturated carbocycles. The number of rotatable bonds is 8. The Hall–Kier alpha value is -3.18. The van der Waals surface area contributed by atoms with Crippen LogP contribution in [-0.4, -0.2) is 56.9 Å². The first-order chi connectivity index (χ1) is 16.6. The maximum absolute atomic E-state index is 9.87. The summed E-state index contributed by atoms with van der Waals surface area (Å²) in [5.41, 5.74) is 4.30. The first kappa shape index (κ1) is 24.0. The summed E-state index contributed by atoms with van der Waals surface area (Å²) in [7, 11) is 0. The molecule has 1 fully saturated rings. The number of hydrogen-bond donors (Lipinski definition) is 3. The van der Waals surface area contributed by atoms with Crippen molar-refractivity contribution < 1.29 is 10.2 Å². The fourth-order valence-corrected chi connectivity index (χ4v) is 4.76. The molecule has 0 bridgehead atoms. The van der Waals surface area contributed by atoms with Gasteiger partial charge in [0.15, 0.2) is 0 Å². The molecule has 2 aromatic carbocycles. The number of nitrogens with one attached hydrogen (secondary N) is 1. The smallest absolute Gasteiger partial charge is 0.138 e. The predicted molar refractivity (Wildman–Crippen MR) is 136 cm³/mol. The number of aromatic nitrogens is 2. The molecule has 1 aliphatic heterocycles. The summed E-state index contributed by atoms with van der Waals surface area (Å²) in [6.45, 7) is 4.38. The predicted octanol–water partition coefficient (Wildman–Crippen LogP) is 3.84. The van der Waals surface area contributed by atoms with Crippen molar-refractivity contribution in [3.63, 3.8) is 0 Å². The molecule has 0 unspecified atom stereocenters. The van der Waals surface area contributed by atoms with E-state index in [9.17, 15) is 10.2 Å². The minimum absolute atomic E-state index is 0.0923. The van der Waals surface area contributed by atoms with Crippen LogP contribution in [0.3, 0.4) is 0 Å². The second-order valence-corrected chi connectivity index (χ2v) is 9.37. The summed E-state index contributed by atoms with van der Waals surface area (Å²) in [4.78, 5) is 6.46. The molecule has 7 nitrogen and oxygen atoms in total. The van der Waals surface area contributed by atoms with Crippen molar-refractivity contribution in [3.8, 4) is 22.4 Å². The molecule has 176 valence electrons. The number of nitriles is 1. The fourth-order valence-electron chi connectivity index (χ4n) is 3.99. The molecule has 34 heavy (non-hydrogen) atoms. The van der Waals surface area contributed by atoms with E-state index in [0.29, 0.717) is 18.3 Å². The van der Waals surface area contributed by atoms with Gasteiger partial charge in [0.1, 0.15) is 17.3 Å². The minimum Gasteiger partial charge on any atom is -0.393 e. The molecular formula is C26H29N5O2S. The van der Waals surface area contributed by atoms with Gasteiger partial charge in [-0.3, -0.25) is 4.90 Å². The number of likely N-dealkylation sites (tertiary alicyclic amines) is 1. The number of aliphatic hydroxyl groups excluding tert-OH is 2. The van der Waals surface area contributed by atoms with E-state index in [1.807, 2.05) is 12.1 Å². The van der Waals surface area contributed by atoms with E-state index in [-0.39, 0.29) is 12.0 Å². The lowest BCUT2D eigenvalue weighted by molar-refractivity contribution is 0.166. The molecule has 0 spiro atoms. The third kappa shape index (κ3) is 5.84. The lowest BCUT2D eigenvalue weighted by Gasteiger charge is -2.39. The second-order valence-electron chi connectivity index (χ2n) is 8.39. The Morgan fingerprint density at radius 2 is 1.82 bits per heavy atom. The summed E-state index contributed by atoms with van der Waals surface area (Å²) in [6.07, 6.45) is 3.27. The summed E-state index contributed by atoms with van der Waals surface area (Å²) in [5.74, 6) is 0.523. The molecule has 2 atom stereocenters. The Bertz CT molecular complexity index is 1180. The molecule has 8 heteroatoms. The van der Waals surface area contributed by atoms with E-state index in [4.69, 9.17) is 5.26 Å². The topological polar surface area (TPSA) is 97.3 Å². The number of benzene rings is 2. The molecule has 3 N–H and O–H groups in total. The lowest BCUT2D eigenvalue weighted by Crippen LogP contribution is -2.54. The summed E-state index contributed by atoms with van der Waals surface area (Å²) < 4.78 is 1.78. The Morgan fingerprint density at radius 1 is 1.15 bits per heavy atom. The van der Waals surface area contributed by atoms with Gasteiger partial charge in [0, 0.05) is 49.7 Å². The number of hydrogen-bond acceptors (Lipinski definition) is 6. The van der Waals surface area contributed by atoms with Crippen molar-refractivity contribution in [2.45, 2.75) is 30.9 Å². The Labute approximate surface area is 203 Å². The molecule has 1 saturated heterocycles. The first-order valence-electron chi connectivity index (χ1n) is 11.4. The molecule has 2 heterocycles. The van der Waals surface area contributed by atoms with Crippen LogP contribution in [0.15, 0.2) is 60.9 Å². The molecule has 0 amide bonds. The highest BCUT2D eigenvalue weighted by atomic mass is 32.1. The van der Waals surface area contributed by atoms with Crippen molar-refractivity contribution in [2.75, 3.05) is 31.6 Å². The normalized spacial score (nSPS) is 15.6. The van der Waals surface area contributed by atoms with Crippen LogP contribution in [0.5, 0.6) is 0 Å². The van der Waals surface area contributed by atoms with Crippen LogP contribution in [0.2, 0.25) is 0 Å². The molecule has 0 radical (unpaired) electrons. The SMILES string of the molecule is C[C@H](O)c1nccn1[C@H](CO)S#Cc1ccc(-c2ccc(NC3CN(CCC#N)C3)cc2)cc1. The number of imidazole rings is 1. The third-order valence-electron chi connectivity index (χ3n) is 5.82.